The third-order valence-corrected chi connectivity index (χ3v) is 7.86. The summed E-state index contributed by atoms with van der Waals surface area (Å²) in [4.78, 5) is 79.5. The van der Waals surface area contributed by atoms with Crippen molar-refractivity contribution in [2.75, 3.05) is 13.1 Å². The Balaban J connectivity index is 2.24. The average Bonchev–Trinajstić information content (AvgIpc) is 3.63. The lowest BCUT2D eigenvalue weighted by atomic mass is 9.84. The zero-order valence-corrected chi connectivity index (χ0v) is 25.8. The standard InChI is InChI=1S/C30H49N5O6/c1-10-14-31-27(39)23(36)18(6)32-26(38)22-20(16(2)3)13-15-35(22)28(40)25(30(7,8)9)34-29(41)33-21(17(4)5)24(37)19-11-12-19/h10,16-22,25H,1,11-15H2,2-9H3,(H,31,39)(H,32,38)(H2,33,34,41). The highest BCUT2D eigenvalue weighted by atomic mass is 16.2. The van der Waals surface area contributed by atoms with Crippen molar-refractivity contribution in [2.24, 2.45) is 29.1 Å². The van der Waals surface area contributed by atoms with Gasteiger partial charge in [0, 0.05) is 19.0 Å². The molecule has 2 fully saturated rings. The minimum absolute atomic E-state index is 0.00618. The second-order valence-electron chi connectivity index (χ2n) is 13.1. The molecule has 0 spiro atoms. The molecule has 1 saturated carbocycles. The largest absolute Gasteiger partial charge is 0.346 e. The van der Waals surface area contributed by atoms with E-state index in [4.69, 9.17) is 0 Å². The molecule has 230 valence electrons. The van der Waals surface area contributed by atoms with E-state index in [9.17, 15) is 28.8 Å². The number of Topliss-reactive ketones (excluding diaryl/α,β-unsaturated/α-hetero) is 2. The molecule has 0 aromatic rings. The second kappa shape index (κ2) is 14.1. The number of likely N-dealkylation sites (tertiary alicyclic amines) is 1. The SMILES string of the molecule is C=CCNC(=O)C(=O)C(C)NC(=O)C1C(C(C)C)CCN1C(=O)C(NC(=O)NC(C(=O)C1CC1)C(C)C)C(C)(C)C. The predicted octanol–water partition coefficient (Wildman–Crippen LogP) is 1.95. The summed E-state index contributed by atoms with van der Waals surface area (Å²) >= 11 is 0. The summed E-state index contributed by atoms with van der Waals surface area (Å²) in [6.07, 6.45) is 3.66. The monoisotopic (exact) mass is 575 g/mol. The Hall–Kier alpha value is -3.24. The molecule has 5 atom stereocenters. The van der Waals surface area contributed by atoms with E-state index in [1.165, 1.54) is 17.9 Å². The number of ketones is 2. The Morgan fingerprint density at radius 1 is 0.927 bits per heavy atom. The number of nitrogens with zero attached hydrogens (tertiary/aromatic N) is 1. The molecule has 2 aliphatic rings. The van der Waals surface area contributed by atoms with Gasteiger partial charge >= 0.3 is 6.03 Å². The summed E-state index contributed by atoms with van der Waals surface area (Å²) in [7, 11) is 0. The molecule has 2 rings (SSSR count). The summed E-state index contributed by atoms with van der Waals surface area (Å²) in [5.74, 6) is -2.86. The fourth-order valence-electron chi connectivity index (χ4n) is 5.23. The van der Waals surface area contributed by atoms with Crippen molar-refractivity contribution >= 4 is 35.3 Å². The molecule has 41 heavy (non-hydrogen) atoms. The maximum absolute atomic E-state index is 14.0. The molecule has 1 saturated heterocycles. The van der Waals surface area contributed by atoms with Crippen LogP contribution in [0.5, 0.6) is 0 Å². The van der Waals surface area contributed by atoms with Gasteiger partial charge in [-0.2, -0.15) is 0 Å². The normalized spacial score (nSPS) is 21.1. The van der Waals surface area contributed by atoms with Gasteiger partial charge in [0.15, 0.2) is 5.78 Å². The smallest absolute Gasteiger partial charge is 0.316 e. The molecule has 0 bridgehead atoms. The molecule has 1 aliphatic carbocycles. The number of carbonyl (C=O) groups is 6. The van der Waals surface area contributed by atoms with Gasteiger partial charge in [-0.1, -0.05) is 54.5 Å². The topological polar surface area (TPSA) is 154 Å². The first kappa shape index (κ1) is 34.0. The number of hydrogen-bond donors (Lipinski definition) is 4. The van der Waals surface area contributed by atoms with Crippen LogP contribution in [0.25, 0.3) is 0 Å². The van der Waals surface area contributed by atoms with Crippen LogP contribution in [0.4, 0.5) is 4.79 Å². The van der Waals surface area contributed by atoms with Gasteiger partial charge in [0.05, 0.1) is 12.1 Å². The predicted molar refractivity (Wildman–Crippen MR) is 156 cm³/mol. The molecule has 4 N–H and O–H groups in total. The Morgan fingerprint density at radius 2 is 1.54 bits per heavy atom. The number of hydrogen-bond acceptors (Lipinski definition) is 6. The van der Waals surface area contributed by atoms with Crippen LogP contribution in [-0.4, -0.2) is 77.5 Å². The van der Waals surface area contributed by atoms with Crippen LogP contribution >= 0.6 is 0 Å². The summed E-state index contributed by atoms with van der Waals surface area (Å²) in [5.41, 5.74) is -0.717. The van der Waals surface area contributed by atoms with Crippen molar-refractivity contribution in [2.45, 2.75) is 98.8 Å². The van der Waals surface area contributed by atoms with Gasteiger partial charge in [-0.25, -0.2) is 4.79 Å². The van der Waals surface area contributed by atoms with E-state index in [-0.39, 0.29) is 36.0 Å². The fourth-order valence-corrected chi connectivity index (χ4v) is 5.23. The Labute approximate surface area is 244 Å². The van der Waals surface area contributed by atoms with E-state index >= 15 is 0 Å². The van der Waals surface area contributed by atoms with Crippen molar-refractivity contribution in [3.8, 4) is 0 Å². The highest BCUT2D eigenvalue weighted by molar-refractivity contribution is 6.38. The molecule has 5 unspecified atom stereocenters. The van der Waals surface area contributed by atoms with Crippen LogP contribution < -0.4 is 21.3 Å². The van der Waals surface area contributed by atoms with E-state index in [0.717, 1.165) is 12.8 Å². The lowest BCUT2D eigenvalue weighted by Crippen LogP contribution is -2.61. The molecule has 11 nitrogen and oxygen atoms in total. The zero-order chi connectivity index (χ0) is 31.2. The molecule has 0 aromatic heterocycles. The van der Waals surface area contributed by atoms with Crippen LogP contribution in [-0.2, 0) is 24.0 Å². The minimum Gasteiger partial charge on any atom is -0.346 e. The van der Waals surface area contributed by atoms with Gasteiger partial charge in [-0.3, -0.25) is 24.0 Å². The lowest BCUT2D eigenvalue weighted by molar-refractivity contribution is -0.144. The maximum atomic E-state index is 14.0. The van der Waals surface area contributed by atoms with E-state index in [2.05, 4.69) is 27.8 Å². The van der Waals surface area contributed by atoms with Crippen molar-refractivity contribution in [1.29, 1.82) is 0 Å². The fraction of sp³-hybridized carbons (Fsp3) is 0.733. The Morgan fingerprint density at radius 3 is 2.02 bits per heavy atom. The van der Waals surface area contributed by atoms with E-state index in [1.54, 1.807) is 0 Å². The van der Waals surface area contributed by atoms with Crippen LogP contribution in [0.1, 0.15) is 74.7 Å². The van der Waals surface area contributed by atoms with Crippen molar-refractivity contribution in [1.82, 2.24) is 26.2 Å². The molecule has 0 aromatic carbocycles. The first-order chi connectivity index (χ1) is 19.0. The van der Waals surface area contributed by atoms with Gasteiger partial charge in [0.2, 0.25) is 17.6 Å². The van der Waals surface area contributed by atoms with Crippen LogP contribution in [0.15, 0.2) is 12.7 Å². The van der Waals surface area contributed by atoms with E-state index in [0.29, 0.717) is 13.0 Å². The van der Waals surface area contributed by atoms with Gasteiger partial charge < -0.3 is 26.2 Å². The van der Waals surface area contributed by atoms with E-state index < -0.39 is 59.1 Å². The van der Waals surface area contributed by atoms with Crippen molar-refractivity contribution in [3.05, 3.63) is 12.7 Å². The number of carbonyl (C=O) groups excluding carboxylic acids is 6. The number of amides is 5. The quantitative estimate of drug-likeness (QED) is 0.194. The first-order valence-electron chi connectivity index (χ1n) is 14.7. The molecule has 5 amide bonds. The van der Waals surface area contributed by atoms with Crippen LogP contribution in [0, 0.1) is 29.1 Å². The number of nitrogens with one attached hydrogen (secondary N) is 4. The van der Waals surface area contributed by atoms with Gasteiger partial charge in [-0.15, -0.1) is 6.58 Å². The molecular formula is C30H49N5O6. The van der Waals surface area contributed by atoms with Gasteiger partial charge in [-0.05, 0) is 49.4 Å². The Bertz CT molecular complexity index is 1030. The van der Waals surface area contributed by atoms with Crippen LogP contribution in [0.3, 0.4) is 0 Å². The zero-order valence-electron chi connectivity index (χ0n) is 25.8. The number of rotatable bonds is 13. The first-order valence-corrected chi connectivity index (χ1v) is 14.7. The molecule has 1 heterocycles. The Kier molecular flexibility index (Phi) is 11.7. The van der Waals surface area contributed by atoms with E-state index in [1.807, 2.05) is 48.5 Å². The third kappa shape index (κ3) is 8.87. The summed E-state index contributed by atoms with van der Waals surface area (Å²) in [6.45, 7) is 18.5. The summed E-state index contributed by atoms with van der Waals surface area (Å²) < 4.78 is 0. The van der Waals surface area contributed by atoms with Crippen molar-refractivity contribution < 1.29 is 28.8 Å². The van der Waals surface area contributed by atoms with Gasteiger partial charge in [0.25, 0.3) is 5.91 Å². The highest BCUT2D eigenvalue weighted by Crippen LogP contribution is 2.34. The minimum atomic E-state index is -1.10. The third-order valence-electron chi connectivity index (χ3n) is 7.86. The lowest BCUT2D eigenvalue weighted by Gasteiger charge is -2.37. The van der Waals surface area contributed by atoms with Crippen LogP contribution in [0.2, 0.25) is 0 Å². The summed E-state index contributed by atoms with van der Waals surface area (Å²) in [6, 6.07) is -4.25. The average molecular weight is 576 g/mol. The number of urea groups is 1. The molecule has 11 heteroatoms. The molecule has 1 aliphatic heterocycles. The molecule has 0 radical (unpaired) electrons. The van der Waals surface area contributed by atoms with Crippen molar-refractivity contribution in [3.63, 3.8) is 0 Å². The molecular weight excluding hydrogens is 526 g/mol. The second-order valence-corrected chi connectivity index (χ2v) is 13.1. The maximum Gasteiger partial charge on any atom is 0.316 e. The summed E-state index contributed by atoms with van der Waals surface area (Å²) in [5, 5.41) is 10.6. The van der Waals surface area contributed by atoms with Gasteiger partial charge in [0.1, 0.15) is 12.1 Å². The highest BCUT2D eigenvalue weighted by Gasteiger charge is 2.47.